The van der Waals surface area contributed by atoms with Gasteiger partial charge in [0.25, 0.3) is 0 Å². The SMILES string of the molecule is C=PCc1c2ccccc2c(Cc2ccccc2)c2cc3c(cc12)N(c1cc(P=C)cc(-c2ccccc2)c1)c1cc2oc4ccccc4c2c2c1B3n1c3ccccc3c3c4oc5ccccc5c4cc-2c31. The number of hydrogen-bond donors (Lipinski definition) is 0. The Morgan fingerprint density at radius 1 is 0.493 bits per heavy atom. The minimum atomic E-state index is -0.233. The molecule has 7 heteroatoms. The fourth-order valence-electron chi connectivity index (χ4n) is 13.0. The molecule has 0 N–H and O–H groups in total. The first kappa shape index (κ1) is 41.2. The summed E-state index contributed by atoms with van der Waals surface area (Å²) in [4.78, 5) is 2.56. The summed E-state index contributed by atoms with van der Waals surface area (Å²) in [5.74, 6) is 0. The Hall–Kier alpha value is -8.46. The van der Waals surface area contributed by atoms with Crippen molar-refractivity contribution in [2.45, 2.75) is 12.6 Å². The Morgan fingerprint density at radius 2 is 1.16 bits per heavy atom. The van der Waals surface area contributed by atoms with E-state index in [-0.39, 0.29) is 6.85 Å². The van der Waals surface area contributed by atoms with Crippen LogP contribution in [-0.4, -0.2) is 23.9 Å². The summed E-state index contributed by atoms with van der Waals surface area (Å²) in [6, 6.07) is 73.8. The van der Waals surface area contributed by atoms with E-state index in [1.807, 2.05) is 0 Å². The van der Waals surface area contributed by atoms with Crippen molar-refractivity contribution in [3.05, 3.63) is 217 Å². The van der Waals surface area contributed by atoms with Gasteiger partial charge >= 0.3 is 6.85 Å². The topological polar surface area (TPSA) is 34.5 Å². The molecule has 4 nitrogen and oxygen atoms in total. The second-order valence-electron chi connectivity index (χ2n) is 19.7. The highest BCUT2D eigenvalue weighted by Crippen LogP contribution is 2.53. The van der Waals surface area contributed by atoms with Crippen molar-refractivity contribution in [1.29, 1.82) is 0 Å². The monoisotopic (exact) mass is 966 g/mol. The Bertz CT molecular complexity index is 4740. The predicted molar refractivity (Wildman–Crippen MR) is 316 cm³/mol. The van der Waals surface area contributed by atoms with E-state index in [2.05, 4.69) is 222 Å². The number of para-hydroxylation sites is 3. The first-order valence-electron chi connectivity index (χ1n) is 24.9. The van der Waals surface area contributed by atoms with Gasteiger partial charge in [0, 0.05) is 78.1 Å². The van der Waals surface area contributed by atoms with E-state index in [1.54, 1.807) is 0 Å². The zero-order chi connectivity index (χ0) is 48.1. The molecule has 0 saturated heterocycles. The first-order valence-corrected chi connectivity index (χ1v) is 27.3. The number of fused-ring (bicyclic) bond motifs is 17. The van der Waals surface area contributed by atoms with Crippen LogP contribution in [0.4, 0.5) is 17.1 Å². The van der Waals surface area contributed by atoms with Gasteiger partial charge in [0.2, 0.25) is 0 Å². The summed E-state index contributed by atoms with van der Waals surface area (Å²) in [5, 5.41) is 13.1. The maximum atomic E-state index is 7.09. The van der Waals surface area contributed by atoms with Crippen LogP contribution in [0.25, 0.3) is 109 Å². The molecular formula is C66H41BN2O2P2. The highest BCUT2D eigenvalue weighted by molar-refractivity contribution is 7.45. The second kappa shape index (κ2) is 15.5. The molecule has 0 bridgehead atoms. The third-order valence-electron chi connectivity index (χ3n) is 15.9. The fraction of sp³-hybridized carbons (Fsp3) is 0.0303. The Balaban J connectivity index is 1.14. The van der Waals surface area contributed by atoms with E-state index >= 15 is 0 Å². The van der Waals surface area contributed by atoms with Crippen LogP contribution in [0.1, 0.15) is 16.7 Å². The average Bonchev–Trinajstić information content (AvgIpc) is 4.22. The molecule has 0 aliphatic carbocycles. The van der Waals surface area contributed by atoms with Gasteiger partial charge in [0.1, 0.15) is 22.3 Å². The molecule has 0 fully saturated rings. The minimum absolute atomic E-state index is 0.233. The largest absolute Gasteiger partial charge is 0.456 e. The predicted octanol–water partition coefficient (Wildman–Crippen LogP) is 16.5. The van der Waals surface area contributed by atoms with Gasteiger partial charge in [-0.1, -0.05) is 166 Å². The summed E-state index contributed by atoms with van der Waals surface area (Å²) in [6.07, 6.45) is 10.5. The molecule has 0 unspecified atom stereocenters. The van der Waals surface area contributed by atoms with Gasteiger partial charge in [-0.25, -0.2) is 0 Å². The van der Waals surface area contributed by atoms with Gasteiger partial charge < -0.3 is 18.2 Å². The van der Waals surface area contributed by atoms with Gasteiger partial charge in [0.05, 0.1) is 5.39 Å². The van der Waals surface area contributed by atoms with Gasteiger partial charge in [-0.2, -0.15) is 0 Å². The molecule has 0 atom stereocenters. The summed E-state index contributed by atoms with van der Waals surface area (Å²) in [6.45, 7) is -0.233. The highest BCUT2D eigenvalue weighted by atomic mass is 31.1. The van der Waals surface area contributed by atoms with Crippen molar-refractivity contribution < 1.29 is 8.83 Å². The molecule has 0 saturated carbocycles. The number of hydrogen-bond acceptors (Lipinski definition) is 3. The molecule has 3 aromatic heterocycles. The van der Waals surface area contributed by atoms with Crippen LogP contribution in [0.5, 0.6) is 0 Å². The number of furan rings is 2. The van der Waals surface area contributed by atoms with Crippen LogP contribution in [0, 0.1) is 0 Å². The van der Waals surface area contributed by atoms with Crippen LogP contribution >= 0.6 is 16.4 Å². The van der Waals surface area contributed by atoms with E-state index in [9.17, 15) is 0 Å². The Morgan fingerprint density at radius 3 is 1.95 bits per heavy atom. The van der Waals surface area contributed by atoms with Gasteiger partial charge in [-0.15, -0.1) is 8.20 Å². The Kier molecular flexibility index (Phi) is 8.76. The number of benzene rings is 11. The molecule has 340 valence electrons. The van der Waals surface area contributed by atoms with E-state index in [4.69, 9.17) is 8.83 Å². The van der Waals surface area contributed by atoms with E-state index in [0.717, 1.165) is 112 Å². The smallest absolute Gasteiger partial charge is 0.333 e. The van der Waals surface area contributed by atoms with Crippen LogP contribution in [0.15, 0.2) is 209 Å². The zero-order valence-corrected chi connectivity index (χ0v) is 41.4. The first-order chi connectivity index (χ1) is 36.1. The molecule has 5 heterocycles. The lowest BCUT2D eigenvalue weighted by Crippen LogP contribution is -2.56. The molecule has 2 aliphatic heterocycles. The number of nitrogens with zero attached hydrogens (tertiary/aromatic N) is 2. The molecule has 2 aliphatic rings. The van der Waals surface area contributed by atoms with Gasteiger partial charge in [0.15, 0.2) is 0 Å². The van der Waals surface area contributed by atoms with Crippen LogP contribution in [-0.2, 0) is 12.6 Å². The van der Waals surface area contributed by atoms with Crippen LogP contribution < -0.4 is 21.1 Å². The fourth-order valence-corrected chi connectivity index (χ4v) is 14.0. The summed E-state index contributed by atoms with van der Waals surface area (Å²) in [7, 11) is 2.01. The maximum Gasteiger partial charge on any atom is 0.333 e. The van der Waals surface area contributed by atoms with Crippen LogP contribution in [0.2, 0.25) is 0 Å². The summed E-state index contributed by atoms with van der Waals surface area (Å²) < 4.78 is 16.8. The highest BCUT2D eigenvalue weighted by Gasteiger charge is 2.45. The molecule has 14 aromatic rings. The lowest BCUT2D eigenvalue weighted by Gasteiger charge is -2.41. The van der Waals surface area contributed by atoms with Crippen molar-refractivity contribution in [2.75, 3.05) is 4.90 Å². The van der Waals surface area contributed by atoms with E-state index < -0.39 is 0 Å². The third-order valence-corrected chi connectivity index (χ3v) is 17.1. The van der Waals surface area contributed by atoms with E-state index in [0.29, 0.717) is 0 Å². The zero-order valence-electron chi connectivity index (χ0n) is 39.6. The molecule has 0 amide bonds. The molecule has 0 spiro atoms. The quantitative estimate of drug-likeness (QED) is 0.0907. The van der Waals surface area contributed by atoms with Crippen molar-refractivity contribution in [3.63, 3.8) is 0 Å². The second-order valence-corrected chi connectivity index (χ2v) is 21.3. The normalized spacial score (nSPS) is 13.0. The van der Waals surface area contributed by atoms with Crippen molar-refractivity contribution >= 4 is 156 Å². The van der Waals surface area contributed by atoms with Crippen molar-refractivity contribution in [1.82, 2.24) is 4.48 Å². The van der Waals surface area contributed by atoms with Crippen LogP contribution in [0.3, 0.4) is 0 Å². The molecular weight excluding hydrogens is 925 g/mol. The molecule has 11 aromatic carbocycles. The standard InChI is InChI=1S/C66H41BN2O2P2/c1-72-37-53-44-22-10-9-21-43(44)48(29-38-17-5-3-6-18-38)49-34-54-56(35-50(49)53)68(41-30-40(31-42(32-41)73-2)39-19-7-4-8-20-39)57-36-60-61(47-25-13-16-28-59(47)70-60)62-52-33-51-45-23-12-15-27-58(45)71-66(51)63-46-24-11-14-26-55(46)69(65(52)63)67(54)64(57)62/h3-28,30-36H,1-2,29,37H2. The number of rotatable bonds is 7. The lowest BCUT2D eigenvalue weighted by molar-refractivity contribution is 0.669. The summed E-state index contributed by atoms with van der Waals surface area (Å²) >= 11 is 0. The number of aromatic nitrogens is 1. The van der Waals surface area contributed by atoms with Gasteiger partial charge in [-0.3, -0.25) is 0 Å². The molecule has 16 rings (SSSR count). The Labute approximate surface area is 424 Å². The summed E-state index contributed by atoms with van der Waals surface area (Å²) in [5.41, 5.74) is 20.4. The van der Waals surface area contributed by atoms with Crippen molar-refractivity contribution in [3.8, 4) is 22.3 Å². The molecule has 0 radical (unpaired) electrons. The third kappa shape index (κ3) is 5.75. The average molecular weight is 967 g/mol. The maximum absolute atomic E-state index is 7.09. The van der Waals surface area contributed by atoms with E-state index in [1.165, 1.54) is 76.7 Å². The molecule has 73 heavy (non-hydrogen) atoms. The van der Waals surface area contributed by atoms with Crippen molar-refractivity contribution in [2.24, 2.45) is 0 Å². The van der Waals surface area contributed by atoms with Gasteiger partial charge in [-0.05, 0) is 121 Å². The number of anilines is 3. The minimum Gasteiger partial charge on any atom is -0.456 e. The lowest BCUT2D eigenvalue weighted by atomic mass is 9.44.